The highest BCUT2D eigenvalue weighted by Crippen LogP contribution is 2.41. The molecule has 0 heterocycles. The molecule has 0 saturated carbocycles. The lowest BCUT2D eigenvalue weighted by atomic mass is 9.88. The van der Waals surface area contributed by atoms with Gasteiger partial charge in [-0.1, -0.05) is 26.8 Å². The van der Waals surface area contributed by atoms with E-state index in [0.29, 0.717) is 5.92 Å². The van der Waals surface area contributed by atoms with E-state index in [-0.39, 0.29) is 5.04 Å². The Balaban J connectivity index is 2.91. The number of rotatable bonds is 3. The van der Waals surface area contributed by atoms with Crippen molar-refractivity contribution in [1.29, 1.82) is 0 Å². The van der Waals surface area contributed by atoms with Crippen LogP contribution >= 0.6 is 0 Å². The van der Waals surface area contributed by atoms with Crippen LogP contribution in [0.2, 0.25) is 18.1 Å². The first-order valence-corrected chi connectivity index (χ1v) is 9.61. The highest BCUT2D eigenvalue weighted by Gasteiger charge is 2.40. The van der Waals surface area contributed by atoms with Gasteiger partial charge in [0.1, 0.15) is 0 Å². The molecule has 1 nitrogen and oxygen atoms in total. The highest BCUT2D eigenvalue weighted by atomic mass is 28.4. The quantitative estimate of drug-likeness (QED) is 0.491. The van der Waals surface area contributed by atoms with Crippen molar-refractivity contribution in [1.82, 2.24) is 0 Å². The molecule has 1 aliphatic rings. The minimum Gasteiger partial charge on any atom is -0.547 e. The summed E-state index contributed by atoms with van der Waals surface area (Å²) < 4.78 is 6.46. The Morgan fingerprint density at radius 1 is 1.35 bits per heavy atom. The van der Waals surface area contributed by atoms with E-state index in [1.165, 1.54) is 24.2 Å². The molecule has 0 spiro atoms. The van der Waals surface area contributed by atoms with Gasteiger partial charge in [0.25, 0.3) is 0 Å². The molecule has 17 heavy (non-hydrogen) atoms. The second-order valence-corrected chi connectivity index (χ2v) is 11.4. The largest absolute Gasteiger partial charge is 0.547 e. The average molecular weight is 252 g/mol. The van der Waals surface area contributed by atoms with Gasteiger partial charge < -0.3 is 4.43 Å². The maximum Gasteiger partial charge on any atom is 0.250 e. The van der Waals surface area contributed by atoms with E-state index in [4.69, 9.17) is 4.43 Å². The summed E-state index contributed by atoms with van der Waals surface area (Å²) in [6.07, 6.45) is 5.66. The van der Waals surface area contributed by atoms with E-state index in [9.17, 15) is 0 Å². The molecule has 1 atom stereocenters. The first-order valence-electron chi connectivity index (χ1n) is 6.70. The summed E-state index contributed by atoms with van der Waals surface area (Å²) >= 11 is 0. The molecule has 0 bridgehead atoms. The van der Waals surface area contributed by atoms with Gasteiger partial charge in [-0.2, -0.15) is 0 Å². The van der Waals surface area contributed by atoms with Crippen LogP contribution in [0.4, 0.5) is 0 Å². The number of allylic oxidation sites excluding steroid dienone is 3. The van der Waals surface area contributed by atoms with Crippen molar-refractivity contribution < 1.29 is 4.43 Å². The molecule has 0 aliphatic heterocycles. The molecule has 0 fully saturated rings. The molecule has 0 amide bonds. The Bertz CT molecular complexity index is 320. The Morgan fingerprint density at radius 3 is 2.41 bits per heavy atom. The van der Waals surface area contributed by atoms with Crippen LogP contribution < -0.4 is 0 Å². The zero-order chi connectivity index (χ0) is 13.3. The molecule has 0 aromatic rings. The first-order chi connectivity index (χ1) is 7.69. The van der Waals surface area contributed by atoms with E-state index >= 15 is 0 Å². The summed E-state index contributed by atoms with van der Waals surface area (Å²) in [5, 5.41) is 0.279. The first kappa shape index (κ1) is 14.6. The fourth-order valence-corrected chi connectivity index (χ4v) is 3.18. The van der Waals surface area contributed by atoms with E-state index in [1.54, 1.807) is 0 Å². The summed E-state index contributed by atoms with van der Waals surface area (Å²) in [6.45, 7) is 17.7. The minimum atomic E-state index is -1.67. The zero-order valence-corrected chi connectivity index (χ0v) is 13.4. The molecule has 1 rings (SSSR count). The summed E-state index contributed by atoms with van der Waals surface area (Å²) in [5.74, 6) is 1.79. The Kier molecular flexibility index (Phi) is 4.29. The molecule has 0 radical (unpaired) electrons. The van der Waals surface area contributed by atoms with E-state index in [1.807, 2.05) is 0 Å². The predicted octanol–water partition coefficient (Wildman–Crippen LogP) is 5.27. The number of hydrogen-bond donors (Lipinski definition) is 0. The second kappa shape index (κ2) is 5.01. The molecule has 0 aromatic heterocycles. The number of hydrogen-bond acceptors (Lipinski definition) is 1. The summed E-state index contributed by atoms with van der Waals surface area (Å²) in [4.78, 5) is 0. The average Bonchev–Trinajstić information content (AvgIpc) is 2.19. The van der Waals surface area contributed by atoms with Crippen molar-refractivity contribution in [2.24, 2.45) is 5.92 Å². The molecule has 1 unspecified atom stereocenters. The molecule has 0 aromatic carbocycles. The van der Waals surface area contributed by atoms with Crippen LogP contribution in [0, 0.1) is 5.92 Å². The van der Waals surface area contributed by atoms with Crippen molar-refractivity contribution in [3.8, 4) is 0 Å². The van der Waals surface area contributed by atoms with E-state index in [0.717, 1.165) is 6.42 Å². The molecule has 0 N–H and O–H groups in total. The van der Waals surface area contributed by atoms with Crippen LogP contribution in [-0.4, -0.2) is 8.32 Å². The van der Waals surface area contributed by atoms with Crippen molar-refractivity contribution >= 4 is 8.32 Å². The molecule has 98 valence electrons. The van der Waals surface area contributed by atoms with Gasteiger partial charge in [-0.3, -0.25) is 0 Å². The second-order valence-electron chi connectivity index (χ2n) is 6.70. The predicted molar refractivity (Wildman–Crippen MR) is 78.5 cm³/mol. The molecular weight excluding hydrogens is 224 g/mol. The van der Waals surface area contributed by atoms with Gasteiger partial charge in [0.2, 0.25) is 8.32 Å². The maximum atomic E-state index is 6.46. The Labute approximate surface area is 108 Å². The summed E-state index contributed by atoms with van der Waals surface area (Å²) in [5.41, 5.74) is 1.41. The van der Waals surface area contributed by atoms with Crippen LogP contribution in [0.5, 0.6) is 0 Å². The lowest BCUT2D eigenvalue weighted by Crippen LogP contribution is -2.41. The monoisotopic (exact) mass is 252 g/mol. The smallest absolute Gasteiger partial charge is 0.250 e. The Hall–Kier alpha value is -0.503. The topological polar surface area (TPSA) is 9.23 Å². The van der Waals surface area contributed by atoms with Gasteiger partial charge in [-0.25, -0.2) is 0 Å². The molecule has 0 saturated heterocycles. The van der Waals surface area contributed by atoms with Gasteiger partial charge >= 0.3 is 0 Å². The van der Waals surface area contributed by atoms with Crippen LogP contribution in [0.25, 0.3) is 0 Å². The van der Waals surface area contributed by atoms with Crippen LogP contribution in [0.1, 0.15) is 47.0 Å². The van der Waals surface area contributed by atoms with Crippen molar-refractivity contribution in [2.45, 2.75) is 65.1 Å². The standard InChI is InChI=1S/C15H28OSi/c1-8-13-10-9-11-14(12(13)2)16-17(6,7)15(3,4)5/h8,13H,1,9-11H2,2-7H3. The zero-order valence-electron chi connectivity index (χ0n) is 12.4. The Morgan fingerprint density at radius 2 is 1.94 bits per heavy atom. The summed E-state index contributed by atoms with van der Waals surface area (Å²) in [7, 11) is -1.67. The van der Waals surface area contributed by atoms with Gasteiger partial charge in [0.05, 0.1) is 5.76 Å². The fourth-order valence-electron chi connectivity index (χ4n) is 1.99. The molecular formula is C15H28OSi. The maximum absolute atomic E-state index is 6.46. The molecule has 1 aliphatic carbocycles. The molecule has 2 heteroatoms. The SMILES string of the molecule is C=CC1CCCC(O[Si](C)(C)C(C)(C)C)=C1C. The van der Waals surface area contributed by atoms with Gasteiger partial charge in [-0.05, 0) is 43.5 Å². The van der Waals surface area contributed by atoms with E-state index < -0.39 is 8.32 Å². The lowest BCUT2D eigenvalue weighted by molar-refractivity contribution is 0.334. The van der Waals surface area contributed by atoms with Crippen LogP contribution in [0.15, 0.2) is 24.0 Å². The normalized spacial score (nSPS) is 22.6. The summed E-state index contributed by atoms with van der Waals surface area (Å²) in [6, 6.07) is 0. The van der Waals surface area contributed by atoms with Crippen LogP contribution in [-0.2, 0) is 4.43 Å². The van der Waals surface area contributed by atoms with Crippen molar-refractivity contribution in [2.75, 3.05) is 0 Å². The highest BCUT2D eigenvalue weighted by molar-refractivity contribution is 6.74. The van der Waals surface area contributed by atoms with Gasteiger partial charge in [0.15, 0.2) is 0 Å². The lowest BCUT2D eigenvalue weighted by Gasteiger charge is -2.39. The third-order valence-electron chi connectivity index (χ3n) is 4.38. The van der Waals surface area contributed by atoms with Gasteiger partial charge in [0, 0.05) is 12.3 Å². The van der Waals surface area contributed by atoms with Crippen molar-refractivity contribution in [3.05, 3.63) is 24.0 Å². The van der Waals surface area contributed by atoms with Crippen LogP contribution in [0.3, 0.4) is 0 Å². The van der Waals surface area contributed by atoms with E-state index in [2.05, 4.69) is 53.4 Å². The van der Waals surface area contributed by atoms with Crippen molar-refractivity contribution in [3.63, 3.8) is 0 Å². The fraction of sp³-hybridized carbons (Fsp3) is 0.733. The third-order valence-corrected chi connectivity index (χ3v) is 8.75. The third kappa shape index (κ3) is 3.24. The van der Waals surface area contributed by atoms with Gasteiger partial charge in [-0.15, -0.1) is 6.58 Å². The minimum absolute atomic E-state index is 0.279.